The van der Waals surface area contributed by atoms with Crippen molar-refractivity contribution in [1.29, 1.82) is 0 Å². The Bertz CT molecular complexity index is 147. The largest absolute Gasteiger partial charge is 0.118 e. The molecule has 0 aromatic rings. The van der Waals surface area contributed by atoms with E-state index in [0.717, 1.165) is 12.8 Å². The van der Waals surface area contributed by atoms with Gasteiger partial charge in [-0.2, -0.15) is 0 Å². The van der Waals surface area contributed by atoms with Crippen LogP contribution in [0.25, 0.3) is 0 Å². The zero-order chi connectivity index (χ0) is 7.40. The summed E-state index contributed by atoms with van der Waals surface area (Å²) in [6, 6.07) is 0. The van der Waals surface area contributed by atoms with Crippen LogP contribution in [0, 0.1) is 0 Å². The minimum Gasteiger partial charge on any atom is -0.118 e. The molecule has 0 aliphatic heterocycles. The third-order valence-electron chi connectivity index (χ3n) is 1.80. The molecule has 10 heavy (non-hydrogen) atoms. The van der Waals surface area contributed by atoms with Gasteiger partial charge in [0.25, 0.3) is 0 Å². The van der Waals surface area contributed by atoms with Crippen LogP contribution in [0.3, 0.4) is 0 Å². The molecule has 0 fully saturated rings. The molecule has 0 spiro atoms. The molecule has 0 aromatic heterocycles. The highest BCUT2D eigenvalue weighted by atomic mass is 35.5. The molecule has 1 aliphatic rings. The van der Waals surface area contributed by atoms with Gasteiger partial charge in [-0.05, 0) is 25.7 Å². The summed E-state index contributed by atoms with van der Waals surface area (Å²) >= 11 is 5.94. The summed E-state index contributed by atoms with van der Waals surface area (Å²) in [6.07, 6.45) is 8.74. The summed E-state index contributed by atoms with van der Waals surface area (Å²) < 4.78 is 0. The number of rotatable bonds is 2. The van der Waals surface area contributed by atoms with Crippen molar-refractivity contribution in [3.05, 3.63) is 24.3 Å². The van der Waals surface area contributed by atoms with Crippen LogP contribution in [-0.4, -0.2) is 5.38 Å². The van der Waals surface area contributed by atoms with Crippen LogP contribution in [-0.2, 0) is 0 Å². The molecule has 0 nitrogen and oxygen atoms in total. The van der Waals surface area contributed by atoms with Gasteiger partial charge in [-0.1, -0.05) is 17.7 Å². The highest BCUT2D eigenvalue weighted by Gasteiger charge is 2.08. The van der Waals surface area contributed by atoms with E-state index in [1.165, 1.54) is 18.4 Å². The molecule has 0 aromatic carbocycles. The van der Waals surface area contributed by atoms with Crippen molar-refractivity contribution in [3.63, 3.8) is 0 Å². The summed E-state index contributed by atoms with van der Waals surface area (Å²) in [5, 5.41) is 0.281. The number of hydrogen-bond acceptors (Lipinski definition) is 0. The summed E-state index contributed by atoms with van der Waals surface area (Å²) in [6.45, 7) is 3.70. The van der Waals surface area contributed by atoms with Gasteiger partial charge in [0.2, 0.25) is 0 Å². The standard InChI is InChI=1S/C9H13Cl/c1-2-4-8-5-3-6-9(10)7-8/h2,7,9H,1,3-6H2. The minimum absolute atomic E-state index is 0.281. The quantitative estimate of drug-likeness (QED) is 0.425. The number of halogens is 1. The molecule has 0 saturated heterocycles. The topological polar surface area (TPSA) is 0 Å². The zero-order valence-corrected chi connectivity index (χ0v) is 6.90. The van der Waals surface area contributed by atoms with Crippen LogP contribution in [0.4, 0.5) is 0 Å². The average Bonchev–Trinajstić information content (AvgIpc) is 1.88. The minimum atomic E-state index is 0.281. The second kappa shape index (κ2) is 3.82. The van der Waals surface area contributed by atoms with Gasteiger partial charge in [0.05, 0.1) is 5.38 Å². The van der Waals surface area contributed by atoms with Crippen LogP contribution in [0.2, 0.25) is 0 Å². The van der Waals surface area contributed by atoms with Crippen LogP contribution in [0.1, 0.15) is 25.7 Å². The smallest absolute Gasteiger partial charge is 0.0518 e. The van der Waals surface area contributed by atoms with Crippen molar-refractivity contribution in [2.45, 2.75) is 31.1 Å². The highest BCUT2D eigenvalue weighted by molar-refractivity contribution is 6.21. The normalized spacial score (nSPS) is 25.7. The van der Waals surface area contributed by atoms with E-state index in [1.807, 2.05) is 6.08 Å². The molecule has 0 N–H and O–H groups in total. The third kappa shape index (κ3) is 2.18. The SMILES string of the molecule is C=CCC1=CC(Cl)CCC1. The Morgan fingerprint density at radius 1 is 1.80 bits per heavy atom. The fourth-order valence-corrected chi connectivity index (χ4v) is 1.63. The van der Waals surface area contributed by atoms with Crippen molar-refractivity contribution in [2.24, 2.45) is 0 Å². The predicted octanol–water partition coefficient (Wildman–Crippen LogP) is 3.28. The summed E-state index contributed by atoms with van der Waals surface area (Å²) in [4.78, 5) is 0. The molecule has 1 heteroatoms. The first-order valence-electron chi connectivity index (χ1n) is 3.77. The first kappa shape index (κ1) is 7.87. The van der Waals surface area contributed by atoms with Gasteiger partial charge < -0.3 is 0 Å². The summed E-state index contributed by atoms with van der Waals surface area (Å²) in [5.41, 5.74) is 1.46. The van der Waals surface area contributed by atoms with Gasteiger partial charge in [0.15, 0.2) is 0 Å². The molecule has 1 aliphatic carbocycles. The summed E-state index contributed by atoms with van der Waals surface area (Å²) in [5.74, 6) is 0. The van der Waals surface area contributed by atoms with Crippen LogP contribution < -0.4 is 0 Å². The fourth-order valence-electron chi connectivity index (χ4n) is 1.30. The van der Waals surface area contributed by atoms with E-state index in [2.05, 4.69) is 12.7 Å². The van der Waals surface area contributed by atoms with E-state index >= 15 is 0 Å². The number of hydrogen-bond donors (Lipinski definition) is 0. The van der Waals surface area contributed by atoms with E-state index in [4.69, 9.17) is 11.6 Å². The zero-order valence-electron chi connectivity index (χ0n) is 6.15. The Labute approximate surface area is 67.6 Å². The first-order chi connectivity index (χ1) is 4.83. The van der Waals surface area contributed by atoms with Crippen molar-refractivity contribution < 1.29 is 0 Å². The maximum atomic E-state index is 5.94. The molecule has 1 rings (SSSR count). The van der Waals surface area contributed by atoms with Crippen LogP contribution >= 0.6 is 11.6 Å². The lowest BCUT2D eigenvalue weighted by Crippen LogP contribution is -2.02. The van der Waals surface area contributed by atoms with Gasteiger partial charge in [-0.15, -0.1) is 18.2 Å². The molecule has 0 heterocycles. The van der Waals surface area contributed by atoms with E-state index < -0.39 is 0 Å². The molecule has 0 saturated carbocycles. The lowest BCUT2D eigenvalue weighted by molar-refractivity contribution is 0.696. The van der Waals surface area contributed by atoms with Gasteiger partial charge in [-0.3, -0.25) is 0 Å². The van der Waals surface area contributed by atoms with E-state index in [-0.39, 0.29) is 5.38 Å². The van der Waals surface area contributed by atoms with Crippen molar-refractivity contribution >= 4 is 11.6 Å². The molecule has 1 atom stereocenters. The van der Waals surface area contributed by atoms with E-state index in [9.17, 15) is 0 Å². The molecular formula is C9H13Cl. The highest BCUT2D eigenvalue weighted by Crippen LogP contribution is 2.23. The second-order valence-corrected chi connectivity index (χ2v) is 3.29. The monoisotopic (exact) mass is 156 g/mol. The lowest BCUT2D eigenvalue weighted by atomic mass is 9.97. The Morgan fingerprint density at radius 2 is 2.60 bits per heavy atom. The molecule has 1 unspecified atom stereocenters. The third-order valence-corrected chi connectivity index (χ3v) is 2.15. The molecule has 56 valence electrons. The Kier molecular flexibility index (Phi) is 3.01. The average molecular weight is 157 g/mol. The molecule has 0 amide bonds. The number of alkyl halides is 1. The van der Waals surface area contributed by atoms with Crippen molar-refractivity contribution in [2.75, 3.05) is 0 Å². The maximum absolute atomic E-state index is 5.94. The van der Waals surface area contributed by atoms with E-state index in [0.29, 0.717) is 0 Å². The predicted molar refractivity (Wildman–Crippen MR) is 46.4 cm³/mol. The summed E-state index contributed by atoms with van der Waals surface area (Å²) in [7, 11) is 0. The Balaban J connectivity index is 2.48. The Morgan fingerprint density at radius 3 is 3.20 bits per heavy atom. The molecular weight excluding hydrogens is 144 g/mol. The number of allylic oxidation sites excluding steroid dienone is 3. The Hall–Kier alpha value is -0.230. The van der Waals surface area contributed by atoms with E-state index in [1.54, 1.807) is 0 Å². The fraction of sp³-hybridized carbons (Fsp3) is 0.556. The van der Waals surface area contributed by atoms with Gasteiger partial charge >= 0.3 is 0 Å². The first-order valence-corrected chi connectivity index (χ1v) is 4.21. The molecule has 0 radical (unpaired) electrons. The second-order valence-electron chi connectivity index (χ2n) is 2.73. The van der Waals surface area contributed by atoms with Gasteiger partial charge in [0, 0.05) is 0 Å². The van der Waals surface area contributed by atoms with Crippen LogP contribution in [0.15, 0.2) is 24.3 Å². The van der Waals surface area contributed by atoms with Gasteiger partial charge in [0.1, 0.15) is 0 Å². The van der Waals surface area contributed by atoms with Crippen molar-refractivity contribution in [1.82, 2.24) is 0 Å². The molecule has 0 bridgehead atoms. The lowest BCUT2D eigenvalue weighted by Gasteiger charge is -2.14. The maximum Gasteiger partial charge on any atom is 0.0518 e. The van der Waals surface area contributed by atoms with Crippen molar-refractivity contribution in [3.8, 4) is 0 Å². The van der Waals surface area contributed by atoms with Crippen LogP contribution in [0.5, 0.6) is 0 Å². The van der Waals surface area contributed by atoms with Gasteiger partial charge in [-0.25, -0.2) is 0 Å².